The van der Waals surface area contributed by atoms with Gasteiger partial charge >= 0.3 is 0 Å². The van der Waals surface area contributed by atoms with Gasteiger partial charge in [0.2, 0.25) is 0 Å². The zero-order chi connectivity index (χ0) is 12.0. The van der Waals surface area contributed by atoms with E-state index < -0.39 is 8.32 Å². The number of aliphatic hydroxyl groups is 1. The Morgan fingerprint density at radius 2 is 1.81 bits per heavy atom. The van der Waals surface area contributed by atoms with Crippen molar-refractivity contribution < 1.29 is 9.53 Å². The molecule has 0 aromatic heterocycles. The second kappa shape index (κ2) is 6.18. The first-order chi connectivity index (χ1) is 7.47. The van der Waals surface area contributed by atoms with Crippen LogP contribution in [0.5, 0.6) is 0 Å². The van der Waals surface area contributed by atoms with Gasteiger partial charge in [-0.1, -0.05) is 30.3 Å². The topological polar surface area (TPSA) is 29.5 Å². The largest absolute Gasteiger partial charge is 0.415 e. The zero-order valence-electron chi connectivity index (χ0n) is 10.4. The van der Waals surface area contributed by atoms with Crippen molar-refractivity contribution in [3.05, 3.63) is 35.9 Å². The molecule has 0 spiro atoms. The van der Waals surface area contributed by atoms with Gasteiger partial charge < -0.3 is 9.53 Å². The molecule has 0 radical (unpaired) electrons. The summed E-state index contributed by atoms with van der Waals surface area (Å²) in [7, 11) is -1.49. The lowest BCUT2D eigenvalue weighted by Gasteiger charge is -2.20. The van der Waals surface area contributed by atoms with Crippen LogP contribution in [0.25, 0.3) is 0 Å². The van der Waals surface area contributed by atoms with Gasteiger partial charge in [0.25, 0.3) is 0 Å². The van der Waals surface area contributed by atoms with Crippen molar-refractivity contribution in [2.75, 3.05) is 6.61 Å². The Morgan fingerprint density at radius 3 is 2.38 bits per heavy atom. The highest BCUT2D eigenvalue weighted by Gasteiger charge is 2.16. The summed E-state index contributed by atoms with van der Waals surface area (Å²) in [6.45, 7) is 6.88. The average Bonchev–Trinajstić information content (AvgIpc) is 2.24. The summed E-state index contributed by atoms with van der Waals surface area (Å²) in [5, 5.41) is 9.77. The van der Waals surface area contributed by atoms with Gasteiger partial charge in [-0.2, -0.15) is 0 Å². The number of hydrogen-bond acceptors (Lipinski definition) is 2. The first-order valence-electron chi connectivity index (χ1n) is 5.83. The quantitative estimate of drug-likeness (QED) is 0.772. The van der Waals surface area contributed by atoms with Crippen molar-refractivity contribution >= 4 is 8.32 Å². The van der Waals surface area contributed by atoms with Crippen molar-refractivity contribution in [1.29, 1.82) is 0 Å². The van der Waals surface area contributed by atoms with Crippen molar-refractivity contribution in [2.45, 2.75) is 38.6 Å². The second-order valence-electron chi connectivity index (χ2n) is 5.10. The van der Waals surface area contributed by atoms with Crippen LogP contribution in [-0.4, -0.2) is 26.1 Å². The molecule has 3 heteroatoms. The van der Waals surface area contributed by atoms with E-state index in [4.69, 9.17) is 4.43 Å². The van der Waals surface area contributed by atoms with Crippen LogP contribution in [0.3, 0.4) is 0 Å². The van der Waals surface area contributed by atoms with E-state index in [1.165, 1.54) is 5.56 Å². The number of benzene rings is 1. The number of rotatable bonds is 6. The summed E-state index contributed by atoms with van der Waals surface area (Å²) in [6, 6.07) is 10.2. The highest BCUT2D eigenvalue weighted by Crippen LogP contribution is 2.08. The summed E-state index contributed by atoms with van der Waals surface area (Å²) < 4.78 is 5.67. The standard InChI is InChI=1S/C13H22O2Si/c1-16(2,3)15-11-13(14)10-9-12-7-5-4-6-8-12/h4-8,13-14H,9-11H2,1-3H3. The maximum Gasteiger partial charge on any atom is 0.183 e. The van der Waals surface area contributed by atoms with Crippen molar-refractivity contribution in [1.82, 2.24) is 0 Å². The van der Waals surface area contributed by atoms with Crippen molar-refractivity contribution in [3.8, 4) is 0 Å². The van der Waals surface area contributed by atoms with Gasteiger partial charge in [0.1, 0.15) is 0 Å². The van der Waals surface area contributed by atoms with E-state index in [0.29, 0.717) is 6.61 Å². The van der Waals surface area contributed by atoms with Gasteiger partial charge in [0.05, 0.1) is 12.7 Å². The molecule has 0 fully saturated rings. The number of aryl methyl sites for hydroxylation is 1. The third kappa shape index (κ3) is 6.05. The molecule has 1 rings (SSSR count). The average molecular weight is 238 g/mol. The van der Waals surface area contributed by atoms with Gasteiger partial charge in [0.15, 0.2) is 8.32 Å². The summed E-state index contributed by atoms with van der Waals surface area (Å²) in [5.74, 6) is 0. The monoisotopic (exact) mass is 238 g/mol. The molecule has 2 nitrogen and oxygen atoms in total. The number of aliphatic hydroxyl groups excluding tert-OH is 1. The lowest BCUT2D eigenvalue weighted by molar-refractivity contribution is 0.0969. The minimum atomic E-state index is -1.49. The molecule has 0 aliphatic heterocycles. The van der Waals surface area contributed by atoms with Crippen LogP contribution in [0.1, 0.15) is 12.0 Å². The van der Waals surface area contributed by atoms with Gasteiger partial charge in [0, 0.05) is 0 Å². The minimum Gasteiger partial charge on any atom is -0.415 e. The van der Waals surface area contributed by atoms with Crippen LogP contribution in [0.4, 0.5) is 0 Å². The van der Waals surface area contributed by atoms with Gasteiger partial charge in [-0.25, -0.2) is 0 Å². The Labute approximate surface area is 99.4 Å². The minimum absolute atomic E-state index is 0.341. The van der Waals surface area contributed by atoms with Crippen molar-refractivity contribution in [2.24, 2.45) is 0 Å². The molecule has 0 saturated heterocycles. The van der Waals surface area contributed by atoms with Gasteiger partial charge in [-0.15, -0.1) is 0 Å². The fraction of sp³-hybridized carbons (Fsp3) is 0.538. The van der Waals surface area contributed by atoms with E-state index in [1.54, 1.807) is 0 Å². The maximum absolute atomic E-state index is 9.77. The fourth-order valence-corrected chi connectivity index (χ4v) is 2.10. The first-order valence-corrected chi connectivity index (χ1v) is 9.24. The zero-order valence-corrected chi connectivity index (χ0v) is 11.4. The Bertz CT molecular complexity index is 293. The Balaban J connectivity index is 2.23. The van der Waals surface area contributed by atoms with Crippen LogP contribution in [-0.2, 0) is 10.8 Å². The predicted octanol–water partition coefficient (Wildman–Crippen LogP) is 2.83. The molecule has 1 N–H and O–H groups in total. The van der Waals surface area contributed by atoms with E-state index >= 15 is 0 Å². The van der Waals surface area contributed by atoms with Crippen LogP contribution in [0, 0.1) is 0 Å². The molecule has 0 saturated carbocycles. The Kier molecular flexibility index (Phi) is 5.18. The summed E-state index contributed by atoms with van der Waals surface area (Å²) in [5.41, 5.74) is 1.27. The predicted molar refractivity (Wildman–Crippen MR) is 70.1 cm³/mol. The molecule has 16 heavy (non-hydrogen) atoms. The van der Waals surface area contributed by atoms with Crippen LogP contribution >= 0.6 is 0 Å². The molecule has 0 heterocycles. The van der Waals surface area contributed by atoms with Crippen LogP contribution in [0.2, 0.25) is 19.6 Å². The molecule has 0 amide bonds. The normalized spacial score (nSPS) is 13.8. The summed E-state index contributed by atoms with van der Waals surface area (Å²) in [4.78, 5) is 0. The van der Waals surface area contributed by atoms with E-state index in [2.05, 4.69) is 31.8 Å². The van der Waals surface area contributed by atoms with E-state index in [0.717, 1.165) is 12.8 Å². The van der Waals surface area contributed by atoms with Gasteiger partial charge in [-0.3, -0.25) is 0 Å². The van der Waals surface area contributed by atoms with Crippen molar-refractivity contribution in [3.63, 3.8) is 0 Å². The molecule has 90 valence electrons. The molecule has 1 unspecified atom stereocenters. The Morgan fingerprint density at radius 1 is 1.19 bits per heavy atom. The lowest BCUT2D eigenvalue weighted by atomic mass is 10.1. The molecular weight excluding hydrogens is 216 g/mol. The SMILES string of the molecule is C[Si](C)(C)OCC(O)CCc1ccccc1. The second-order valence-corrected chi connectivity index (χ2v) is 9.61. The van der Waals surface area contributed by atoms with E-state index in [9.17, 15) is 5.11 Å². The van der Waals surface area contributed by atoms with E-state index in [-0.39, 0.29) is 6.10 Å². The highest BCUT2D eigenvalue weighted by molar-refractivity contribution is 6.69. The first kappa shape index (κ1) is 13.4. The van der Waals surface area contributed by atoms with Crippen LogP contribution in [0.15, 0.2) is 30.3 Å². The van der Waals surface area contributed by atoms with Gasteiger partial charge in [-0.05, 0) is 38.0 Å². The third-order valence-corrected chi connectivity index (χ3v) is 3.35. The summed E-state index contributed by atoms with van der Waals surface area (Å²) in [6.07, 6.45) is 1.35. The third-order valence-electron chi connectivity index (χ3n) is 2.32. The molecule has 1 aromatic rings. The lowest BCUT2D eigenvalue weighted by Crippen LogP contribution is -2.30. The highest BCUT2D eigenvalue weighted by atomic mass is 28.4. The number of hydrogen-bond donors (Lipinski definition) is 1. The Hall–Kier alpha value is -0.643. The maximum atomic E-state index is 9.77. The molecule has 0 aliphatic rings. The molecule has 0 bridgehead atoms. The summed E-state index contributed by atoms with van der Waals surface area (Å²) >= 11 is 0. The fourth-order valence-electron chi connectivity index (χ4n) is 1.41. The molecule has 1 atom stereocenters. The van der Waals surface area contributed by atoms with E-state index in [1.807, 2.05) is 18.2 Å². The molecular formula is C13H22O2Si. The van der Waals surface area contributed by atoms with Crippen LogP contribution < -0.4 is 0 Å². The molecule has 1 aromatic carbocycles. The molecule has 0 aliphatic carbocycles. The smallest absolute Gasteiger partial charge is 0.183 e.